The Labute approximate surface area is 354 Å². The van der Waals surface area contributed by atoms with Gasteiger partial charge in [0.05, 0.1) is 26.4 Å². The molecule has 3 atom stereocenters. The molecule has 0 aromatic rings. The number of phosphoric acid groups is 1. The number of ether oxygens (including phenoxy) is 2. The van der Waals surface area contributed by atoms with Crippen molar-refractivity contribution < 1.29 is 43.0 Å². The summed E-state index contributed by atoms with van der Waals surface area (Å²) in [5.74, 6) is -0.407. The molecule has 0 radical (unpaired) electrons. The van der Waals surface area contributed by atoms with Crippen LogP contribution in [0.2, 0.25) is 0 Å². The van der Waals surface area contributed by atoms with E-state index in [-0.39, 0.29) is 13.0 Å². The fourth-order valence-electron chi connectivity index (χ4n) is 5.65. The van der Waals surface area contributed by atoms with Gasteiger partial charge in [0.2, 0.25) is 0 Å². The zero-order chi connectivity index (χ0) is 42.5. The van der Waals surface area contributed by atoms with Crippen LogP contribution in [0, 0.1) is 0 Å². The third-order valence-corrected chi connectivity index (χ3v) is 10.0. The van der Waals surface area contributed by atoms with Gasteiger partial charge in [0.1, 0.15) is 12.2 Å². The Kier molecular flexibility index (Phi) is 42.4. The molecule has 10 heteroatoms. The first-order chi connectivity index (χ1) is 28.3. The molecule has 0 fully saturated rings. The van der Waals surface area contributed by atoms with Crippen molar-refractivity contribution in [2.45, 2.75) is 180 Å². The molecule has 3 unspecified atom stereocenters. The Morgan fingerprint density at radius 2 is 0.983 bits per heavy atom. The lowest BCUT2D eigenvalue weighted by atomic mass is 10.1. The molecule has 0 saturated heterocycles. The highest BCUT2D eigenvalue weighted by Gasteiger charge is 2.26. The smallest absolute Gasteiger partial charge is 0.457 e. The summed E-state index contributed by atoms with van der Waals surface area (Å²) in [6.07, 6.45) is 54.0. The van der Waals surface area contributed by atoms with Crippen LogP contribution in [0.1, 0.15) is 168 Å². The summed E-state index contributed by atoms with van der Waals surface area (Å²) in [5.41, 5.74) is 0. The minimum Gasteiger partial charge on any atom is -0.457 e. The fourth-order valence-corrected chi connectivity index (χ4v) is 6.44. The Hall–Kier alpha value is -2.36. The van der Waals surface area contributed by atoms with Crippen LogP contribution in [0.15, 0.2) is 85.1 Å². The molecule has 0 bridgehead atoms. The van der Waals surface area contributed by atoms with Gasteiger partial charge in [0, 0.05) is 13.0 Å². The molecule has 0 amide bonds. The zero-order valence-corrected chi connectivity index (χ0v) is 37.4. The van der Waals surface area contributed by atoms with Crippen molar-refractivity contribution in [2.24, 2.45) is 0 Å². The summed E-state index contributed by atoms with van der Waals surface area (Å²) in [7, 11) is -4.54. The number of rotatable bonds is 42. The summed E-state index contributed by atoms with van der Waals surface area (Å²) in [6, 6.07) is 0. The van der Waals surface area contributed by atoms with E-state index in [4.69, 9.17) is 23.6 Å². The minimum absolute atomic E-state index is 0.0184. The van der Waals surface area contributed by atoms with E-state index in [0.717, 1.165) is 96.3 Å². The maximum absolute atomic E-state index is 12.6. The van der Waals surface area contributed by atoms with E-state index >= 15 is 0 Å². The SMILES string of the molecule is CC/C=C\C/C=C\C/C=C\C/C=C\C/C=C\C/C=C\CCCCCOCC(COP(=O)(O)OCC(O)CO)OC(=O)CCCCCCC/C=C\CCCCCCCC. The van der Waals surface area contributed by atoms with Crippen LogP contribution < -0.4 is 0 Å². The number of hydrogen-bond acceptors (Lipinski definition) is 8. The van der Waals surface area contributed by atoms with Gasteiger partial charge >= 0.3 is 13.8 Å². The van der Waals surface area contributed by atoms with Gasteiger partial charge < -0.3 is 24.6 Å². The van der Waals surface area contributed by atoms with E-state index in [1.807, 2.05) is 0 Å². The van der Waals surface area contributed by atoms with Gasteiger partial charge in [-0.2, -0.15) is 0 Å². The lowest BCUT2D eigenvalue weighted by Gasteiger charge is -2.20. The van der Waals surface area contributed by atoms with E-state index in [9.17, 15) is 19.4 Å². The number of carbonyl (C=O) groups excluding carboxylic acids is 1. The van der Waals surface area contributed by atoms with Gasteiger partial charge in [0.15, 0.2) is 0 Å². The average molecular weight is 835 g/mol. The number of aliphatic hydroxyl groups excluding tert-OH is 2. The molecule has 0 rings (SSSR count). The standard InChI is InChI=1S/C48H83O9P/c1-3-5-7-9-11-13-15-17-19-20-21-22-23-24-25-27-29-31-33-35-37-39-41-54-44-47(45-56-58(52,53)55-43-46(50)42-49)57-48(51)40-38-36-34-32-30-28-26-18-16-14-12-10-8-6-4-2/h5,7,11,13,17-19,21-22,24-26,29,31,46-47,49-50H,3-4,6,8-10,12,14-16,20,23,27-28,30,32-45H2,1-2H3,(H,52,53)/b7-5-,13-11-,19-17-,22-21-,25-24-,26-18-,31-29-. The quantitative estimate of drug-likeness (QED) is 0.0238. The van der Waals surface area contributed by atoms with Crippen molar-refractivity contribution in [3.8, 4) is 0 Å². The van der Waals surface area contributed by atoms with Crippen molar-refractivity contribution in [1.29, 1.82) is 0 Å². The molecule has 0 aliphatic rings. The molecule has 0 aliphatic carbocycles. The van der Waals surface area contributed by atoms with Crippen LogP contribution in [0.5, 0.6) is 0 Å². The highest BCUT2D eigenvalue weighted by Crippen LogP contribution is 2.43. The normalized spacial score (nSPS) is 14.8. The molecular formula is C48H83O9P. The maximum atomic E-state index is 12.6. The van der Waals surface area contributed by atoms with E-state index in [1.54, 1.807) is 0 Å². The molecule has 58 heavy (non-hydrogen) atoms. The zero-order valence-electron chi connectivity index (χ0n) is 36.5. The van der Waals surface area contributed by atoms with Gasteiger partial charge in [-0.3, -0.25) is 13.8 Å². The monoisotopic (exact) mass is 835 g/mol. The number of carbonyl (C=O) groups is 1. The number of hydrogen-bond donors (Lipinski definition) is 3. The molecule has 334 valence electrons. The van der Waals surface area contributed by atoms with Crippen LogP contribution in [0.3, 0.4) is 0 Å². The van der Waals surface area contributed by atoms with Crippen molar-refractivity contribution >= 4 is 13.8 Å². The second-order valence-corrected chi connectivity index (χ2v) is 16.1. The highest BCUT2D eigenvalue weighted by atomic mass is 31.2. The third kappa shape index (κ3) is 43.2. The molecule has 9 nitrogen and oxygen atoms in total. The predicted octanol–water partition coefficient (Wildman–Crippen LogP) is 12.7. The van der Waals surface area contributed by atoms with Gasteiger partial charge in [-0.25, -0.2) is 4.57 Å². The summed E-state index contributed by atoms with van der Waals surface area (Å²) >= 11 is 0. The number of esters is 1. The van der Waals surface area contributed by atoms with Gasteiger partial charge in [-0.1, -0.05) is 157 Å². The summed E-state index contributed by atoms with van der Waals surface area (Å²) in [6.45, 7) is 3.28. The molecule has 0 spiro atoms. The van der Waals surface area contributed by atoms with Crippen LogP contribution >= 0.6 is 7.82 Å². The predicted molar refractivity (Wildman–Crippen MR) is 242 cm³/mol. The van der Waals surface area contributed by atoms with Gasteiger partial charge in [-0.05, 0) is 89.9 Å². The van der Waals surface area contributed by atoms with Crippen molar-refractivity contribution in [3.63, 3.8) is 0 Å². The van der Waals surface area contributed by atoms with Crippen LogP contribution in [0.25, 0.3) is 0 Å². The van der Waals surface area contributed by atoms with Crippen molar-refractivity contribution in [2.75, 3.05) is 33.0 Å². The van der Waals surface area contributed by atoms with Crippen LogP contribution in [-0.4, -0.2) is 66.3 Å². The second-order valence-electron chi connectivity index (χ2n) is 14.7. The molecule has 0 heterocycles. The first kappa shape index (κ1) is 55.6. The third-order valence-electron chi connectivity index (χ3n) is 9.06. The summed E-state index contributed by atoms with van der Waals surface area (Å²) < 4.78 is 33.3. The molecule has 0 saturated carbocycles. The van der Waals surface area contributed by atoms with Crippen LogP contribution in [-0.2, 0) is 27.9 Å². The minimum atomic E-state index is -4.54. The second kappa shape index (κ2) is 44.2. The largest absolute Gasteiger partial charge is 0.472 e. The number of aliphatic hydroxyl groups is 2. The Morgan fingerprint density at radius 3 is 1.50 bits per heavy atom. The first-order valence-electron chi connectivity index (χ1n) is 22.6. The highest BCUT2D eigenvalue weighted by molar-refractivity contribution is 7.47. The van der Waals surface area contributed by atoms with Crippen molar-refractivity contribution in [3.05, 3.63) is 85.1 Å². The van der Waals surface area contributed by atoms with Crippen LogP contribution in [0.4, 0.5) is 0 Å². The molecule has 0 aliphatic heterocycles. The fraction of sp³-hybridized carbons (Fsp3) is 0.688. The van der Waals surface area contributed by atoms with Gasteiger partial charge in [-0.15, -0.1) is 0 Å². The Balaban J connectivity index is 4.26. The molecule has 0 aromatic carbocycles. The Morgan fingerprint density at radius 1 is 0.552 bits per heavy atom. The lowest BCUT2D eigenvalue weighted by molar-refractivity contribution is -0.154. The number of allylic oxidation sites excluding steroid dienone is 14. The molecule has 3 N–H and O–H groups in total. The summed E-state index contributed by atoms with van der Waals surface area (Å²) in [5, 5.41) is 18.4. The number of phosphoric ester groups is 1. The molecular weight excluding hydrogens is 751 g/mol. The lowest BCUT2D eigenvalue weighted by Crippen LogP contribution is -2.29. The van der Waals surface area contributed by atoms with E-state index in [0.29, 0.717) is 13.0 Å². The van der Waals surface area contributed by atoms with E-state index in [2.05, 4.69) is 98.9 Å². The van der Waals surface area contributed by atoms with E-state index in [1.165, 1.54) is 44.9 Å². The first-order valence-corrected chi connectivity index (χ1v) is 24.1. The Bertz CT molecular complexity index is 1170. The van der Waals surface area contributed by atoms with E-state index < -0.39 is 45.8 Å². The summed E-state index contributed by atoms with van der Waals surface area (Å²) in [4.78, 5) is 22.6. The average Bonchev–Trinajstić information content (AvgIpc) is 3.21. The molecule has 0 aromatic heterocycles. The number of unbranched alkanes of at least 4 members (excludes halogenated alkanes) is 14. The topological polar surface area (TPSA) is 132 Å². The maximum Gasteiger partial charge on any atom is 0.472 e. The van der Waals surface area contributed by atoms with Crippen molar-refractivity contribution in [1.82, 2.24) is 0 Å². The van der Waals surface area contributed by atoms with Gasteiger partial charge in [0.25, 0.3) is 0 Å².